The molecule has 0 aromatic heterocycles. The Balaban J connectivity index is 1.43. The van der Waals surface area contributed by atoms with Crippen LogP contribution in [0.3, 0.4) is 0 Å². The quantitative estimate of drug-likeness (QED) is 0.570. The van der Waals surface area contributed by atoms with Crippen LogP contribution in [0.2, 0.25) is 0 Å². The summed E-state index contributed by atoms with van der Waals surface area (Å²) in [6.07, 6.45) is 1.74. The average molecular weight is 452 g/mol. The van der Waals surface area contributed by atoms with Crippen LogP contribution in [0.15, 0.2) is 54.6 Å². The number of imide groups is 1. The van der Waals surface area contributed by atoms with Gasteiger partial charge in [0.1, 0.15) is 5.54 Å². The maximum Gasteiger partial charge on any atom is 0.250 e. The Morgan fingerprint density at radius 1 is 0.941 bits per heavy atom. The first-order chi connectivity index (χ1) is 16.4. The van der Waals surface area contributed by atoms with E-state index in [-0.39, 0.29) is 23.8 Å². The highest BCUT2D eigenvalue weighted by atomic mass is 16.2. The number of carbonyl (C=O) groups is 3. The maximum absolute atomic E-state index is 14.1. The molecule has 6 nitrogen and oxygen atoms in total. The number of anilines is 2. The molecule has 0 radical (unpaired) electrons. The molecular formula is C28H25N3O3. The van der Waals surface area contributed by atoms with Gasteiger partial charge in [-0.2, -0.15) is 0 Å². The smallest absolute Gasteiger partial charge is 0.250 e. The van der Waals surface area contributed by atoms with E-state index in [2.05, 4.69) is 16.3 Å². The first-order valence-corrected chi connectivity index (χ1v) is 12.0. The van der Waals surface area contributed by atoms with Crippen LogP contribution in [0.25, 0.3) is 10.8 Å². The number of nitrogens with zero attached hydrogens (tertiary/aromatic N) is 2. The van der Waals surface area contributed by atoms with Crippen LogP contribution in [0.4, 0.5) is 11.4 Å². The number of hydrogen-bond acceptors (Lipinski definition) is 4. The van der Waals surface area contributed by atoms with E-state index in [4.69, 9.17) is 0 Å². The molecule has 4 aliphatic heterocycles. The molecular weight excluding hydrogens is 426 g/mol. The van der Waals surface area contributed by atoms with Crippen molar-refractivity contribution in [2.24, 2.45) is 11.8 Å². The standard InChI is InChI=1S/C28H25N3O3/c1-15-12-16(2)24-20(13-15)28(27(34)29-24)23-22(21-8-5-11-30(21)28)25(32)31(26(23)33)19-10-9-17-6-3-4-7-18(17)14-19/h3-4,6-7,9-10,12-14,21-23H,5,8,11H2,1-2H3,(H,29,34)/t21-,22+,23+,28-/m1/s1. The topological polar surface area (TPSA) is 69.7 Å². The third-order valence-corrected chi connectivity index (χ3v) is 8.43. The highest BCUT2D eigenvalue weighted by molar-refractivity contribution is 6.26. The molecule has 0 unspecified atom stereocenters. The molecule has 1 spiro atoms. The summed E-state index contributed by atoms with van der Waals surface area (Å²) < 4.78 is 0. The van der Waals surface area contributed by atoms with Crippen molar-refractivity contribution >= 4 is 39.9 Å². The van der Waals surface area contributed by atoms with Gasteiger partial charge < -0.3 is 5.32 Å². The van der Waals surface area contributed by atoms with Crippen LogP contribution in [0, 0.1) is 25.7 Å². The number of benzene rings is 3. The molecule has 34 heavy (non-hydrogen) atoms. The molecule has 6 heteroatoms. The third-order valence-electron chi connectivity index (χ3n) is 8.43. The van der Waals surface area contributed by atoms with E-state index in [1.807, 2.05) is 62.4 Å². The lowest BCUT2D eigenvalue weighted by Gasteiger charge is -2.36. The van der Waals surface area contributed by atoms with Crippen molar-refractivity contribution in [3.05, 3.63) is 71.3 Å². The normalized spacial score (nSPS) is 29.8. The van der Waals surface area contributed by atoms with Crippen LogP contribution in [-0.2, 0) is 19.9 Å². The third kappa shape index (κ3) is 2.22. The Labute approximate surface area is 197 Å². The first-order valence-electron chi connectivity index (χ1n) is 12.0. The zero-order chi connectivity index (χ0) is 23.4. The number of hydrogen-bond donors (Lipinski definition) is 1. The van der Waals surface area contributed by atoms with Gasteiger partial charge in [0.2, 0.25) is 17.7 Å². The summed E-state index contributed by atoms with van der Waals surface area (Å²) in [7, 11) is 0. The van der Waals surface area contributed by atoms with E-state index in [1.165, 1.54) is 4.90 Å². The lowest BCUT2D eigenvalue weighted by Crippen LogP contribution is -2.54. The van der Waals surface area contributed by atoms with E-state index in [0.29, 0.717) is 12.2 Å². The fourth-order valence-corrected chi connectivity index (χ4v) is 7.23. The fraction of sp³-hybridized carbons (Fsp3) is 0.321. The monoisotopic (exact) mass is 451 g/mol. The molecule has 4 atom stereocenters. The summed E-state index contributed by atoms with van der Waals surface area (Å²) in [5.41, 5.74) is 3.15. The summed E-state index contributed by atoms with van der Waals surface area (Å²) in [5, 5.41) is 5.13. The first kappa shape index (κ1) is 19.9. The summed E-state index contributed by atoms with van der Waals surface area (Å²) in [6.45, 7) is 4.72. The maximum atomic E-state index is 14.1. The van der Waals surface area contributed by atoms with Crippen molar-refractivity contribution in [3.63, 3.8) is 0 Å². The van der Waals surface area contributed by atoms with Crippen LogP contribution in [0.1, 0.15) is 29.5 Å². The number of rotatable bonds is 1. The van der Waals surface area contributed by atoms with Gasteiger partial charge in [-0.05, 0) is 61.7 Å². The number of fused-ring (bicyclic) bond motifs is 8. The molecule has 3 amide bonds. The van der Waals surface area contributed by atoms with Crippen molar-refractivity contribution in [2.45, 2.75) is 38.3 Å². The molecule has 7 rings (SSSR count). The van der Waals surface area contributed by atoms with Crippen molar-refractivity contribution in [1.82, 2.24) is 4.90 Å². The molecule has 0 aliphatic carbocycles. The molecule has 170 valence electrons. The van der Waals surface area contributed by atoms with Gasteiger partial charge in [0.25, 0.3) is 0 Å². The van der Waals surface area contributed by atoms with Crippen molar-refractivity contribution in [2.75, 3.05) is 16.8 Å². The Kier molecular flexibility index (Phi) is 3.83. The Bertz CT molecular complexity index is 1450. The number of carbonyl (C=O) groups excluding carboxylic acids is 3. The van der Waals surface area contributed by atoms with E-state index in [9.17, 15) is 14.4 Å². The van der Waals surface area contributed by atoms with Gasteiger partial charge in [-0.25, -0.2) is 4.90 Å². The summed E-state index contributed by atoms with van der Waals surface area (Å²) >= 11 is 0. The minimum Gasteiger partial charge on any atom is -0.324 e. The number of aryl methyl sites for hydroxylation is 2. The van der Waals surface area contributed by atoms with Crippen LogP contribution in [0.5, 0.6) is 0 Å². The second kappa shape index (κ2) is 6.54. The fourth-order valence-electron chi connectivity index (χ4n) is 7.23. The predicted octanol–water partition coefficient (Wildman–Crippen LogP) is 3.89. The molecule has 0 bridgehead atoms. The zero-order valence-electron chi connectivity index (χ0n) is 19.2. The van der Waals surface area contributed by atoms with Gasteiger partial charge in [0.05, 0.1) is 17.5 Å². The molecule has 4 aliphatic rings. The molecule has 3 aromatic carbocycles. The number of amides is 3. The Hall–Kier alpha value is -3.51. The molecule has 0 saturated carbocycles. The molecule has 1 N–H and O–H groups in total. The molecule has 4 heterocycles. The van der Waals surface area contributed by atoms with Crippen LogP contribution < -0.4 is 10.2 Å². The largest absolute Gasteiger partial charge is 0.324 e. The summed E-state index contributed by atoms with van der Waals surface area (Å²) in [6, 6.07) is 17.6. The van der Waals surface area contributed by atoms with Gasteiger partial charge in [-0.15, -0.1) is 0 Å². The molecule has 3 aromatic rings. The second-order valence-electron chi connectivity index (χ2n) is 10.2. The second-order valence-corrected chi connectivity index (χ2v) is 10.2. The highest BCUT2D eigenvalue weighted by Crippen LogP contribution is 2.61. The van der Waals surface area contributed by atoms with E-state index >= 15 is 0 Å². The van der Waals surface area contributed by atoms with Crippen LogP contribution in [-0.4, -0.2) is 35.2 Å². The SMILES string of the molecule is Cc1cc(C)c2c(c1)[C@]1(C(=O)N2)[C@@H]2C(=O)N(c3ccc4ccccc4c3)C(=O)[C@H]2[C@H]2CCCN21. The van der Waals surface area contributed by atoms with Gasteiger partial charge in [-0.1, -0.05) is 48.0 Å². The van der Waals surface area contributed by atoms with Crippen molar-refractivity contribution < 1.29 is 14.4 Å². The van der Waals surface area contributed by atoms with E-state index in [1.54, 1.807) is 0 Å². The Morgan fingerprint density at radius 2 is 1.74 bits per heavy atom. The Morgan fingerprint density at radius 3 is 2.56 bits per heavy atom. The van der Waals surface area contributed by atoms with Crippen molar-refractivity contribution in [1.29, 1.82) is 0 Å². The predicted molar refractivity (Wildman–Crippen MR) is 129 cm³/mol. The lowest BCUT2D eigenvalue weighted by molar-refractivity contribution is -0.135. The van der Waals surface area contributed by atoms with E-state index < -0.39 is 17.4 Å². The van der Waals surface area contributed by atoms with Crippen LogP contribution >= 0.6 is 0 Å². The zero-order valence-corrected chi connectivity index (χ0v) is 19.2. The van der Waals surface area contributed by atoms with Crippen molar-refractivity contribution in [3.8, 4) is 0 Å². The lowest BCUT2D eigenvalue weighted by atomic mass is 9.75. The molecule has 3 saturated heterocycles. The number of nitrogens with one attached hydrogen (secondary N) is 1. The van der Waals surface area contributed by atoms with Gasteiger partial charge in [0, 0.05) is 17.3 Å². The minimum atomic E-state index is -1.13. The average Bonchev–Trinajstić information content (AvgIpc) is 3.52. The van der Waals surface area contributed by atoms with E-state index in [0.717, 1.165) is 46.0 Å². The van der Waals surface area contributed by atoms with Gasteiger partial charge in [0.15, 0.2) is 0 Å². The van der Waals surface area contributed by atoms with Gasteiger partial charge in [-0.3, -0.25) is 19.3 Å². The molecule has 3 fully saturated rings. The van der Waals surface area contributed by atoms with Gasteiger partial charge >= 0.3 is 0 Å². The summed E-state index contributed by atoms with van der Waals surface area (Å²) in [4.78, 5) is 45.4. The summed E-state index contributed by atoms with van der Waals surface area (Å²) in [5.74, 6) is -1.85. The minimum absolute atomic E-state index is 0.107. The highest BCUT2D eigenvalue weighted by Gasteiger charge is 2.74.